The van der Waals surface area contributed by atoms with E-state index in [-0.39, 0.29) is 17.8 Å². The Kier molecular flexibility index (Phi) is 5.03. The molecule has 0 aliphatic rings. The number of halogens is 1. The minimum atomic E-state index is -0.572. The first-order chi connectivity index (χ1) is 8.42. The number of ether oxygens (including phenoxy) is 1. The van der Waals surface area contributed by atoms with Crippen LogP contribution in [0.15, 0.2) is 24.3 Å². The van der Waals surface area contributed by atoms with Gasteiger partial charge < -0.3 is 10.1 Å². The lowest BCUT2D eigenvalue weighted by Crippen LogP contribution is -2.39. The molecule has 0 aliphatic heterocycles. The van der Waals surface area contributed by atoms with Crippen LogP contribution in [0, 0.1) is 5.41 Å². The van der Waals surface area contributed by atoms with Gasteiger partial charge in [-0.1, -0.05) is 18.2 Å². The van der Waals surface area contributed by atoms with Gasteiger partial charge in [0.15, 0.2) is 0 Å². The second kappa shape index (κ2) is 6.10. The number of rotatable bonds is 5. The second-order valence-electron chi connectivity index (χ2n) is 4.95. The maximum atomic E-state index is 12.0. The minimum Gasteiger partial charge on any atom is -0.496 e. The normalized spacial score (nSPS) is 12.9. The lowest BCUT2D eigenvalue weighted by atomic mass is 9.94. The lowest BCUT2D eigenvalue weighted by Gasteiger charge is -2.24. The molecule has 0 saturated carbocycles. The van der Waals surface area contributed by atoms with Crippen LogP contribution in [0.4, 0.5) is 0 Å². The van der Waals surface area contributed by atoms with Gasteiger partial charge in [-0.05, 0) is 26.8 Å². The topological polar surface area (TPSA) is 38.3 Å². The number of amides is 1. The van der Waals surface area contributed by atoms with E-state index in [9.17, 15) is 4.79 Å². The van der Waals surface area contributed by atoms with Crippen LogP contribution in [-0.2, 0) is 4.79 Å². The van der Waals surface area contributed by atoms with Gasteiger partial charge in [0.1, 0.15) is 5.75 Å². The summed E-state index contributed by atoms with van der Waals surface area (Å²) in [4.78, 5) is 12.0. The Labute approximate surface area is 113 Å². The molecule has 1 N–H and O–H groups in total. The summed E-state index contributed by atoms with van der Waals surface area (Å²) in [5.74, 6) is 1.00. The molecule has 1 rings (SSSR count). The molecule has 0 aromatic heterocycles. The van der Waals surface area contributed by atoms with Crippen LogP contribution in [0.2, 0.25) is 0 Å². The van der Waals surface area contributed by atoms with Crippen LogP contribution in [-0.4, -0.2) is 18.9 Å². The SMILES string of the molecule is COc1ccccc1C(C)NC(=O)C(C)(C)CCl. The number of carbonyl (C=O) groups excluding carboxylic acids is 1. The number of benzene rings is 1. The molecule has 1 aromatic carbocycles. The third-order valence-electron chi connectivity index (χ3n) is 2.90. The molecule has 18 heavy (non-hydrogen) atoms. The molecule has 0 heterocycles. The predicted molar refractivity (Wildman–Crippen MR) is 74.1 cm³/mol. The summed E-state index contributed by atoms with van der Waals surface area (Å²) in [5, 5.41) is 2.96. The first-order valence-electron chi connectivity index (χ1n) is 5.92. The molecule has 4 heteroatoms. The van der Waals surface area contributed by atoms with Crippen molar-refractivity contribution in [3.63, 3.8) is 0 Å². The van der Waals surface area contributed by atoms with Gasteiger partial charge in [0.2, 0.25) is 5.91 Å². The highest BCUT2D eigenvalue weighted by Crippen LogP contribution is 2.26. The third-order valence-corrected chi connectivity index (χ3v) is 3.57. The summed E-state index contributed by atoms with van der Waals surface area (Å²) in [6, 6.07) is 7.53. The van der Waals surface area contributed by atoms with Crippen LogP contribution in [0.25, 0.3) is 0 Å². The predicted octanol–water partition coefficient (Wildman–Crippen LogP) is 3.14. The van der Waals surface area contributed by atoms with Gasteiger partial charge in [0.05, 0.1) is 18.6 Å². The summed E-state index contributed by atoms with van der Waals surface area (Å²) < 4.78 is 5.28. The van der Waals surface area contributed by atoms with Crippen LogP contribution < -0.4 is 10.1 Å². The summed E-state index contributed by atoms with van der Waals surface area (Å²) in [5.41, 5.74) is 0.386. The molecule has 1 atom stereocenters. The molecule has 100 valence electrons. The number of carbonyl (C=O) groups is 1. The number of nitrogens with one attached hydrogen (secondary N) is 1. The Morgan fingerprint density at radius 3 is 2.61 bits per heavy atom. The van der Waals surface area contributed by atoms with Crippen LogP contribution in [0.3, 0.4) is 0 Å². The quantitative estimate of drug-likeness (QED) is 0.834. The summed E-state index contributed by atoms with van der Waals surface area (Å²) in [7, 11) is 1.62. The number of alkyl halides is 1. The molecule has 1 unspecified atom stereocenters. The largest absolute Gasteiger partial charge is 0.496 e. The van der Waals surface area contributed by atoms with E-state index in [2.05, 4.69) is 5.32 Å². The third kappa shape index (κ3) is 3.39. The van der Waals surface area contributed by atoms with Crippen molar-refractivity contribution in [1.29, 1.82) is 0 Å². The van der Waals surface area contributed by atoms with Crippen molar-refractivity contribution in [2.24, 2.45) is 5.41 Å². The molecule has 1 aromatic rings. The van der Waals surface area contributed by atoms with E-state index in [4.69, 9.17) is 16.3 Å². The van der Waals surface area contributed by atoms with Crippen molar-refractivity contribution in [2.75, 3.05) is 13.0 Å². The van der Waals surface area contributed by atoms with E-state index >= 15 is 0 Å². The summed E-state index contributed by atoms with van der Waals surface area (Å²) in [6.45, 7) is 5.58. The highest BCUT2D eigenvalue weighted by Gasteiger charge is 2.28. The maximum absolute atomic E-state index is 12.0. The fourth-order valence-corrected chi connectivity index (χ4v) is 1.68. The average Bonchev–Trinajstić information content (AvgIpc) is 2.38. The van der Waals surface area contributed by atoms with Gasteiger partial charge >= 0.3 is 0 Å². The van der Waals surface area contributed by atoms with Crippen LogP contribution >= 0.6 is 11.6 Å². The molecule has 0 fully saturated rings. The molecule has 0 radical (unpaired) electrons. The van der Waals surface area contributed by atoms with Crippen LogP contribution in [0.1, 0.15) is 32.4 Å². The average molecular weight is 270 g/mol. The zero-order chi connectivity index (χ0) is 13.8. The van der Waals surface area contributed by atoms with Crippen molar-refractivity contribution < 1.29 is 9.53 Å². The zero-order valence-electron chi connectivity index (χ0n) is 11.3. The first kappa shape index (κ1) is 14.8. The molecule has 1 amide bonds. The molecule has 3 nitrogen and oxygen atoms in total. The second-order valence-corrected chi connectivity index (χ2v) is 5.22. The van der Waals surface area contributed by atoms with Gasteiger partial charge in [-0.2, -0.15) is 0 Å². The van der Waals surface area contributed by atoms with Crippen molar-refractivity contribution in [3.8, 4) is 5.75 Å². The Balaban J connectivity index is 2.83. The van der Waals surface area contributed by atoms with E-state index in [0.717, 1.165) is 11.3 Å². The van der Waals surface area contributed by atoms with Crippen molar-refractivity contribution in [1.82, 2.24) is 5.32 Å². The number of para-hydroxylation sites is 1. The van der Waals surface area contributed by atoms with Gasteiger partial charge in [0.25, 0.3) is 0 Å². The van der Waals surface area contributed by atoms with E-state index in [1.807, 2.05) is 45.0 Å². The smallest absolute Gasteiger partial charge is 0.227 e. The Hall–Kier alpha value is -1.22. The Morgan fingerprint density at radius 2 is 2.06 bits per heavy atom. The van der Waals surface area contributed by atoms with Gasteiger partial charge in [-0.3, -0.25) is 4.79 Å². The molecule has 0 saturated heterocycles. The summed E-state index contributed by atoms with van der Waals surface area (Å²) in [6.07, 6.45) is 0. The lowest BCUT2D eigenvalue weighted by molar-refractivity contribution is -0.129. The molecule has 0 bridgehead atoms. The standard InChI is InChI=1S/C14H20ClNO2/c1-10(16-13(17)14(2,3)9-15)11-7-5-6-8-12(11)18-4/h5-8,10H,9H2,1-4H3,(H,16,17). The summed E-state index contributed by atoms with van der Waals surface area (Å²) >= 11 is 5.79. The number of hydrogen-bond donors (Lipinski definition) is 1. The number of hydrogen-bond acceptors (Lipinski definition) is 2. The minimum absolute atomic E-state index is 0.0593. The molecule has 0 aliphatic carbocycles. The van der Waals surface area contributed by atoms with E-state index in [0.29, 0.717) is 0 Å². The molecule has 0 spiro atoms. The Bertz CT molecular complexity index is 418. The van der Waals surface area contributed by atoms with Gasteiger partial charge in [-0.15, -0.1) is 11.6 Å². The van der Waals surface area contributed by atoms with Crippen molar-refractivity contribution >= 4 is 17.5 Å². The Morgan fingerprint density at radius 1 is 1.44 bits per heavy atom. The first-order valence-corrected chi connectivity index (χ1v) is 6.45. The molecular formula is C14H20ClNO2. The fourth-order valence-electron chi connectivity index (χ4n) is 1.55. The highest BCUT2D eigenvalue weighted by atomic mass is 35.5. The van der Waals surface area contributed by atoms with Crippen molar-refractivity contribution in [3.05, 3.63) is 29.8 Å². The van der Waals surface area contributed by atoms with E-state index in [1.165, 1.54) is 0 Å². The monoisotopic (exact) mass is 269 g/mol. The maximum Gasteiger partial charge on any atom is 0.227 e. The van der Waals surface area contributed by atoms with E-state index < -0.39 is 5.41 Å². The highest BCUT2D eigenvalue weighted by molar-refractivity contribution is 6.19. The fraction of sp³-hybridized carbons (Fsp3) is 0.500. The number of methoxy groups -OCH3 is 1. The van der Waals surface area contributed by atoms with Crippen molar-refractivity contribution in [2.45, 2.75) is 26.8 Å². The van der Waals surface area contributed by atoms with E-state index in [1.54, 1.807) is 7.11 Å². The zero-order valence-corrected chi connectivity index (χ0v) is 12.0. The van der Waals surface area contributed by atoms with Crippen LogP contribution in [0.5, 0.6) is 5.75 Å². The van der Waals surface area contributed by atoms with Gasteiger partial charge in [-0.25, -0.2) is 0 Å². The van der Waals surface area contributed by atoms with Gasteiger partial charge in [0, 0.05) is 11.4 Å². The molecular weight excluding hydrogens is 250 g/mol.